The molecule has 100 valence electrons. The number of aryl methyl sites for hydroxylation is 1. The normalized spacial score (nSPS) is 12.3. The number of nitrogens with one attached hydrogen (secondary N) is 2. The van der Waals surface area contributed by atoms with Gasteiger partial charge in [0, 0.05) is 13.1 Å². The second kappa shape index (κ2) is 5.86. The summed E-state index contributed by atoms with van der Waals surface area (Å²) in [5.41, 5.74) is -0.0516. The van der Waals surface area contributed by atoms with Crippen LogP contribution in [0.15, 0.2) is 11.0 Å². The van der Waals surface area contributed by atoms with Crippen molar-refractivity contribution >= 4 is 23.2 Å². The Balaban J connectivity index is 2.83. The molecule has 0 saturated carbocycles. The molecule has 2 N–H and O–H groups in total. The standard InChI is InChI=1S/C11H17ClN4O2/c1-6(2)14-10(17)7(3)15-8-5-13-16(4)11(18)9(8)12/h5-7,15H,1-4H3,(H,14,17). The highest BCUT2D eigenvalue weighted by Gasteiger charge is 2.16. The SMILES string of the molecule is CC(C)NC(=O)C(C)Nc1cnn(C)c(=O)c1Cl. The Hall–Kier alpha value is -1.56. The van der Waals surface area contributed by atoms with Crippen LogP contribution in [0.3, 0.4) is 0 Å². The highest BCUT2D eigenvalue weighted by Crippen LogP contribution is 2.15. The molecule has 0 aliphatic carbocycles. The Morgan fingerprint density at radius 2 is 2.06 bits per heavy atom. The molecule has 1 amide bonds. The zero-order valence-corrected chi connectivity index (χ0v) is 11.6. The van der Waals surface area contributed by atoms with E-state index in [2.05, 4.69) is 15.7 Å². The van der Waals surface area contributed by atoms with Crippen LogP contribution >= 0.6 is 11.6 Å². The maximum atomic E-state index is 11.7. The van der Waals surface area contributed by atoms with Gasteiger partial charge in [-0.2, -0.15) is 5.10 Å². The van der Waals surface area contributed by atoms with Gasteiger partial charge in [0.25, 0.3) is 5.56 Å². The zero-order valence-electron chi connectivity index (χ0n) is 10.8. The molecule has 1 aromatic rings. The number of amides is 1. The Morgan fingerprint density at radius 3 is 2.61 bits per heavy atom. The lowest BCUT2D eigenvalue weighted by atomic mass is 10.2. The molecule has 0 aromatic carbocycles. The third kappa shape index (κ3) is 3.46. The van der Waals surface area contributed by atoms with Gasteiger partial charge >= 0.3 is 0 Å². The monoisotopic (exact) mass is 272 g/mol. The van der Waals surface area contributed by atoms with E-state index in [1.54, 1.807) is 6.92 Å². The molecule has 0 fully saturated rings. The second-order valence-corrected chi connectivity index (χ2v) is 4.71. The van der Waals surface area contributed by atoms with Crippen molar-refractivity contribution in [3.8, 4) is 0 Å². The van der Waals surface area contributed by atoms with Gasteiger partial charge in [0.2, 0.25) is 5.91 Å². The first-order chi connectivity index (χ1) is 8.32. The summed E-state index contributed by atoms with van der Waals surface area (Å²) >= 11 is 5.89. The van der Waals surface area contributed by atoms with Gasteiger partial charge in [0.1, 0.15) is 11.1 Å². The molecular formula is C11H17ClN4O2. The smallest absolute Gasteiger partial charge is 0.287 e. The first kappa shape index (κ1) is 14.5. The highest BCUT2D eigenvalue weighted by molar-refractivity contribution is 6.33. The van der Waals surface area contributed by atoms with Gasteiger partial charge < -0.3 is 10.6 Å². The summed E-state index contributed by atoms with van der Waals surface area (Å²) in [6, 6.07) is -0.446. The zero-order chi connectivity index (χ0) is 13.9. The summed E-state index contributed by atoms with van der Waals surface area (Å²) < 4.78 is 1.13. The molecule has 1 rings (SSSR count). The largest absolute Gasteiger partial charge is 0.371 e. The number of rotatable bonds is 4. The van der Waals surface area contributed by atoms with Gasteiger partial charge in [-0.15, -0.1) is 0 Å². The fraction of sp³-hybridized carbons (Fsp3) is 0.545. The van der Waals surface area contributed by atoms with Crippen molar-refractivity contribution in [2.45, 2.75) is 32.9 Å². The molecule has 7 heteroatoms. The van der Waals surface area contributed by atoms with E-state index in [-0.39, 0.29) is 17.0 Å². The third-order valence-corrected chi connectivity index (χ3v) is 2.64. The summed E-state index contributed by atoms with van der Waals surface area (Å²) in [6.07, 6.45) is 1.42. The molecule has 1 atom stereocenters. The van der Waals surface area contributed by atoms with E-state index < -0.39 is 11.6 Å². The summed E-state index contributed by atoms with van der Waals surface area (Å²) in [7, 11) is 1.51. The first-order valence-electron chi connectivity index (χ1n) is 5.61. The lowest BCUT2D eigenvalue weighted by Crippen LogP contribution is -2.41. The fourth-order valence-electron chi connectivity index (χ4n) is 1.32. The van der Waals surface area contributed by atoms with E-state index in [1.807, 2.05) is 13.8 Å². The molecule has 0 aliphatic rings. The van der Waals surface area contributed by atoms with E-state index in [0.29, 0.717) is 5.69 Å². The Morgan fingerprint density at radius 1 is 1.44 bits per heavy atom. The van der Waals surface area contributed by atoms with Crippen molar-refractivity contribution in [1.82, 2.24) is 15.1 Å². The van der Waals surface area contributed by atoms with Crippen molar-refractivity contribution in [1.29, 1.82) is 0 Å². The first-order valence-corrected chi connectivity index (χ1v) is 5.99. The maximum absolute atomic E-state index is 11.7. The minimum atomic E-state index is -0.501. The van der Waals surface area contributed by atoms with E-state index >= 15 is 0 Å². The fourth-order valence-corrected chi connectivity index (χ4v) is 1.55. The van der Waals surface area contributed by atoms with E-state index in [9.17, 15) is 9.59 Å². The Kier molecular flexibility index (Phi) is 4.72. The van der Waals surface area contributed by atoms with Crippen LogP contribution in [-0.4, -0.2) is 27.8 Å². The highest BCUT2D eigenvalue weighted by atomic mass is 35.5. The minimum absolute atomic E-state index is 0.0247. The van der Waals surface area contributed by atoms with Crippen LogP contribution in [0.5, 0.6) is 0 Å². The second-order valence-electron chi connectivity index (χ2n) is 4.33. The quantitative estimate of drug-likeness (QED) is 0.848. The molecule has 0 aliphatic heterocycles. The van der Waals surface area contributed by atoms with Gasteiger partial charge in [-0.25, -0.2) is 4.68 Å². The average molecular weight is 273 g/mol. The van der Waals surface area contributed by atoms with Gasteiger partial charge in [-0.3, -0.25) is 9.59 Å². The molecule has 0 radical (unpaired) electrons. The van der Waals surface area contributed by atoms with Crippen molar-refractivity contribution in [3.05, 3.63) is 21.6 Å². The van der Waals surface area contributed by atoms with Crippen LogP contribution in [0.1, 0.15) is 20.8 Å². The number of nitrogens with zero attached hydrogens (tertiary/aromatic N) is 2. The molecule has 18 heavy (non-hydrogen) atoms. The number of halogens is 1. The minimum Gasteiger partial charge on any atom is -0.371 e. The molecule has 1 aromatic heterocycles. The topological polar surface area (TPSA) is 76.0 Å². The predicted octanol–water partition coefficient (Wildman–Crippen LogP) is 0.759. The van der Waals surface area contributed by atoms with Gasteiger partial charge in [-0.05, 0) is 20.8 Å². The Labute approximate surface area is 110 Å². The lowest BCUT2D eigenvalue weighted by molar-refractivity contribution is -0.122. The molecule has 0 bridgehead atoms. The number of carbonyl (C=O) groups is 1. The van der Waals surface area contributed by atoms with Crippen molar-refractivity contribution in [2.75, 3.05) is 5.32 Å². The third-order valence-electron chi connectivity index (χ3n) is 2.27. The van der Waals surface area contributed by atoms with Crippen molar-refractivity contribution < 1.29 is 4.79 Å². The number of hydrogen-bond acceptors (Lipinski definition) is 4. The van der Waals surface area contributed by atoms with Crippen LogP contribution in [0.4, 0.5) is 5.69 Å². The molecular weight excluding hydrogens is 256 g/mol. The van der Waals surface area contributed by atoms with E-state index in [4.69, 9.17) is 11.6 Å². The Bertz CT molecular complexity index is 498. The van der Waals surface area contributed by atoms with Crippen LogP contribution in [0.25, 0.3) is 0 Å². The van der Waals surface area contributed by atoms with Gasteiger partial charge in [0.05, 0.1) is 11.9 Å². The number of anilines is 1. The van der Waals surface area contributed by atoms with E-state index in [0.717, 1.165) is 4.68 Å². The number of carbonyl (C=O) groups excluding carboxylic acids is 1. The van der Waals surface area contributed by atoms with Crippen LogP contribution in [-0.2, 0) is 11.8 Å². The van der Waals surface area contributed by atoms with Crippen LogP contribution < -0.4 is 16.2 Å². The van der Waals surface area contributed by atoms with Crippen molar-refractivity contribution in [2.24, 2.45) is 7.05 Å². The molecule has 6 nitrogen and oxygen atoms in total. The number of hydrogen-bond donors (Lipinski definition) is 2. The summed E-state index contributed by atoms with van der Waals surface area (Å²) in [5, 5.41) is 9.49. The summed E-state index contributed by atoms with van der Waals surface area (Å²) in [4.78, 5) is 23.2. The summed E-state index contributed by atoms with van der Waals surface area (Å²) in [6.45, 7) is 5.43. The maximum Gasteiger partial charge on any atom is 0.287 e. The van der Waals surface area contributed by atoms with Gasteiger partial charge in [0.15, 0.2) is 0 Å². The lowest BCUT2D eigenvalue weighted by Gasteiger charge is -2.17. The molecule has 1 unspecified atom stereocenters. The van der Waals surface area contributed by atoms with E-state index in [1.165, 1.54) is 13.2 Å². The average Bonchev–Trinajstić information content (AvgIpc) is 2.29. The van der Waals surface area contributed by atoms with Gasteiger partial charge in [-0.1, -0.05) is 11.6 Å². The molecule has 0 saturated heterocycles. The predicted molar refractivity (Wildman–Crippen MR) is 70.9 cm³/mol. The van der Waals surface area contributed by atoms with Crippen LogP contribution in [0.2, 0.25) is 5.02 Å². The molecule has 0 spiro atoms. The van der Waals surface area contributed by atoms with Crippen molar-refractivity contribution in [3.63, 3.8) is 0 Å². The number of aromatic nitrogens is 2. The summed E-state index contributed by atoms with van der Waals surface area (Å²) in [5.74, 6) is -0.165. The van der Waals surface area contributed by atoms with Crippen LogP contribution in [0, 0.1) is 0 Å². The molecule has 1 heterocycles.